The van der Waals surface area contributed by atoms with Gasteiger partial charge in [-0.15, -0.1) is 0 Å². The Hall–Kier alpha value is -1.94. The first kappa shape index (κ1) is 22.1. The van der Waals surface area contributed by atoms with E-state index in [1.165, 1.54) is 0 Å². The predicted octanol–water partition coefficient (Wildman–Crippen LogP) is 1.22. The molecule has 0 heterocycles. The van der Waals surface area contributed by atoms with E-state index in [0.717, 1.165) is 0 Å². The molecule has 0 aliphatic carbocycles. The molecule has 2 unspecified atom stereocenters. The average Bonchev–Trinajstić information content (AvgIpc) is 2.50. The van der Waals surface area contributed by atoms with Crippen molar-refractivity contribution in [3.63, 3.8) is 0 Å². The predicted molar refractivity (Wildman–Crippen MR) is 73.5 cm³/mol. The molecule has 0 saturated carbocycles. The van der Waals surface area contributed by atoms with Gasteiger partial charge in [0.25, 0.3) is 0 Å². The molecule has 2 atom stereocenters. The van der Waals surface area contributed by atoms with Gasteiger partial charge in [-0.2, -0.15) is 17.6 Å². The molecule has 0 amide bonds. The van der Waals surface area contributed by atoms with Crippen molar-refractivity contribution in [1.82, 2.24) is 0 Å². The largest absolute Gasteiger partial charge is 0.460 e. The molecule has 0 aromatic carbocycles. The number of ether oxygens (including phenoxy) is 2. The quantitative estimate of drug-likeness (QED) is 0.328. The summed E-state index contributed by atoms with van der Waals surface area (Å²) in [6.07, 6.45) is -5.99. The van der Waals surface area contributed by atoms with Gasteiger partial charge in [-0.1, -0.05) is 13.2 Å². The Balaban J connectivity index is 4.82. The van der Waals surface area contributed by atoms with Gasteiger partial charge >= 0.3 is 23.8 Å². The Morgan fingerprint density at radius 3 is 2.00 bits per heavy atom. The van der Waals surface area contributed by atoms with Gasteiger partial charge in [0.05, 0.1) is 19.1 Å². The molecular formula is C14H18F4O6. The normalized spacial score (nSPS) is 14.4. The molecule has 138 valence electrons. The van der Waals surface area contributed by atoms with Crippen LogP contribution in [0, 0.1) is 0 Å². The van der Waals surface area contributed by atoms with Gasteiger partial charge in [-0.25, -0.2) is 9.59 Å². The van der Waals surface area contributed by atoms with Crippen molar-refractivity contribution in [2.75, 3.05) is 13.2 Å². The second kappa shape index (κ2) is 9.38. The molecule has 2 N–H and O–H groups in total. The third-order valence-electron chi connectivity index (χ3n) is 2.75. The fourth-order valence-corrected chi connectivity index (χ4v) is 1.53. The van der Waals surface area contributed by atoms with E-state index < -0.39 is 62.0 Å². The highest BCUT2D eigenvalue weighted by molar-refractivity contribution is 5.81. The summed E-state index contributed by atoms with van der Waals surface area (Å²) in [5.74, 6) is -11.6. The van der Waals surface area contributed by atoms with E-state index in [2.05, 4.69) is 22.6 Å². The fraction of sp³-hybridized carbons (Fsp3) is 0.571. The average molecular weight is 358 g/mol. The maximum absolute atomic E-state index is 13.7. The van der Waals surface area contributed by atoms with Crippen LogP contribution in [0.1, 0.15) is 12.8 Å². The maximum Gasteiger partial charge on any atom is 0.330 e. The van der Waals surface area contributed by atoms with Crippen LogP contribution in [0.5, 0.6) is 0 Å². The van der Waals surface area contributed by atoms with Crippen LogP contribution in [0.3, 0.4) is 0 Å². The third kappa shape index (κ3) is 7.09. The van der Waals surface area contributed by atoms with Crippen LogP contribution < -0.4 is 0 Å². The van der Waals surface area contributed by atoms with Crippen LogP contribution in [-0.2, 0) is 19.1 Å². The van der Waals surface area contributed by atoms with Crippen LogP contribution in [0.15, 0.2) is 25.3 Å². The molecule has 0 aliphatic rings. The Morgan fingerprint density at radius 2 is 1.54 bits per heavy atom. The topological polar surface area (TPSA) is 93.1 Å². The third-order valence-corrected chi connectivity index (χ3v) is 2.75. The van der Waals surface area contributed by atoms with Crippen LogP contribution in [0.4, 0.5) is 17.6 Å². The smallest absolute Gasteiger partial charge is 0.330 e. The van der Waals surface area contributed by atoms with Crippen molar-refractivity contribution in [3.8, 4) is 0 Å². The summed E-state index contributed by atoms with van der Waals surface area (Å²) in [5, 5.41) is 18.1. The van der Waals surface area contributed by atoms with Gasteiger partial charge in [0.1, 0.15) is 12.7 Å². The van der Waals surface area contributed by atoms with Gasteiger partial charge < -0.3 is 19.7 Å². The summed E-state index contributed by atoms with van der Waals surface area (Å²) in [6.45, 7) is 4.00. The number of carbonyl (C=O) groups excluding carboxylic acids is 2. The molecule has 0 fully saturated rings. The molecule has 0 radical (unpaired) electrons. The van der Waals surface area contributed by atoms with Crippen molar-refractivity contribution in [3.05, 3.63) is 25.3 Å². The van der Waals surface area contributed by atoms with E-state index in [1.807, 2.05) is 0 Å². The number of hydrogen-bond acceptors (Lipinski definition) is 6. The molecule has 24 heavy (non-hydrogen) atoms. The number of halogens is 4. The van der Waals surface area contributed by atoms with E-state index in [0.29, 0.717) is 12.2 Å². The van der Waals surface area contributed by atoms with Gasteiger partial charge in [0, 0.05) is 18.6 Å². The molecule has 0 aliphatic heterocycles. The molecule has 0 aromatic heterocycles. The zero-order valence-electron chi connectivity index (χ0n) is 12.6. The van der Waals surface area contributed by atoms with Crippen molar-refractivity contribution < 1.29 is 46.8 Å². The van der Waals surface area contributed by atoms with Crippen LogP contribution in [0.2, 0.25) is 0 Å². The lowest BCUT2D eigenvalue weighted by Crippen LogP contribution is -2.47. The van der Waals surface area contributed by atoms with Crippen molar-refractivity contribution in [1.29, 1.82) is 0 Å². The van der Waals surface area contributed by atoms with E-state index in [1.54, 1.807) is 0 Å². The van der Waals surface area contributed by atoms with Gasteiger partial charge in [0.15, 0.2) is 0 Å². The van der Waals surface area contributed by atoms with Crippen molar-refractivity contribution in [2.45, 2.75) is 36.9 Å². The Kier molecular flexibility index (Phi) is 8.62. The lowest BCUT2D eigenvalue weighted by Gasteiger charge is -2.30. The summed E-state index contributed by atoms with van der Waals surface area (Å²) >= 11 is 0. The highest BCUT2D eigenvalue weighted by atomic mass is 19.3. The molecule has 10 heteroatoms. The molecule has 0 saturated heterocycles. The molecule has 6 nitrogen and oxygen atoms in total. The summed E-state index contributed by atoms with van der Waals surface area (Å²) in [6, 6.07) is 0. The van der Waals surface area contributed by atoms with E-state index in [9.17, 15) is 32.3 Å². The molecule has 0 aromatic rings. The number of esters is 2. The highest BCUT2D eigenvalue weighted by Gasteiger charge is 2.57. The first-order valence-electron chi connectivity index (χ1n) is 6.66. The number of alkyl halides is 4. The molecule has 0 bridgehead atoms. The van der Waals surface area contributed by atoms with Crippen molar-refractivity contribution >= 4 is 11.9 Å². The molecule has 0 rings (SSSR count). The number of hydrogen-bond donors (Lipinski definition) is 2. The fourth-order valence-electron chi connectivity index (χ4n) is 1.53. The minimum atomic E-state index is -4.71. The summed E-state index contributed by atoms with van der Waals surface area (Å²) < 4.78 is 63.3. The number of aliphatic hydroxyl groups is 2. The van der Waals surface area contributed by atoms with E-state index in [-0.39, 0.29) is 0 Å². The van der Waals surface area contributed by atoms with Crippen molar-refractivity contribution in [2.24, 2.45) is 0 Å². The lowest BCUT2D eigenvalue weighted by atomic mass is 9.99. The van der Waals surface area contributed by atoms with Gasteiger partial charge in [-0.3, -0.25) is 0 Å². The summed E-state index contributed by atoms with van der Waals surface area (Å²) in [5.41, 5.74) is 0. The Bertz CT molecular complexity index is 466. The lowest BCUT2D eigenvalue weighted by molar-refractivity contribution is -0.237. The highest BCUT2D eigenvalue weighted by Crippen LogP contribution is 2.41. The zero-order valence-corrected chi connectivity index (χ0v) is 12.6. The second-order valence-electron chi connectivity index (χ2n) is 4.75. The summed E-state index contributed by atoms with van der Waals surface area (Å²) in [4.78, 5) is 21.6. The maximum atomic E-state index is 13.7. The number of rotatable bonds is 11. The van der Waals surface area contributed by atoms with E-state index >= 15 is 0 Å². The minimum Gasteiger partial charge on any atom is -0.460 e. The Morgan fingerprint density at radius 1 is 1.04 bits per heavy atom. The van der Waals surface area contributed by atoms with Crippen LogP contribution in [-0.4, -0.2) is 59.4 Å². The Labute approximate surface area is 135 Å². The summed E-state index contributed by atoms with van der Waals surface area (Å²) in [7, 11) is 0. The second-order valence-corrected chi connectivity index (χ2v) is 4.75. The first-order valence-corrected chi connectivity index (χ1v) is 6.66. The van der Waals surface area contributed by atoms with Crippen LogP contribution in [0.25, 0.3) is 0 Å². The molecule has 0 spiro atoms. The minimum absolute atomic E-state index is 0.622. The SMILES string of the molecule is C=CC(=O)OCC(O)CC(F)(F)C(F)(F)CC(CO)OC(=O)C=C. The zero-order chi connectivity index (χ0) is 19.0. The number of carbonyl (C=O) groups is 2. The number of aliphatic hydroxyl groups excluding tert-OH is 2. The molecular weight excluding hydrogens is 340 g/mol. The van der Waals surface area contributed by atoms with Crippen LogP contribution >= 0.6 is 0 Å². The standard InChI is InChI=1S/C14H18F4O6/c1-3-11(21)23-8-9(20)5-13(15,16)14(17,18)6-10(7-19)24-12(22)4-2/h3-4,9-10,19-20H,1-2,5-8H2. The van der Waals surface area contributed by atoms with Gasteiger partial charge in [0.2, 0.25) is 0 Å². The van der Waals surface area contributed by atoms with Gasteiger partial charge in [-0.05, 0) is 0 Å². The first-order chi connectivity index (χ1) is 11.0. The monoisotopic (exact) mass is 358 g/mol. The van der Waals surface area contributed by atoms with E-state index in [4.69, 9.17) is 5.11 Å².